The maximum absolute atomic E-state index is 11.4. The molecule has 1 fully saturated rings. The summed E-state index contributed by atoms with van der Waals surface area (Å²) >= 11 is 1.57. The summed E-state index contributed by atoms with van der Waals surface area (Å²) in [6, 6.07) is 0. The molecule has 1 aliphatic rings. The number of ether oxygens (including phenoxy) is 1. The highest BCUT2D eigenvalue weighted by atomic mass is 32.2. The maximum Gasteiger partial charge on any atom is 0.232 e. The highest BCUT2D eigenvalue weighted by Crippen LogP contribution is 2.20. The maximum atomic E-state index is 11.4. The second-order valence-corrected chi connectivity index (χ2v) is 5.48. The zero-order valence-electron chi connectivity index (χ0n) is 10.3. The molecular weight excluding hydrogens is 222 g/mol. The molecule has 94 valence electrons. The normalized spacial score (nSPS) is 18.6. The number of rotatable bonds is 7. The van der Waals surface area contributed by atoms with Gasteiger partial charge < -0.3 is 10.1 Å². The molecule has 3 nitrogen and oxygen atoms in total. The minimum atomic E-state index is 0.0516. The van der Waals surface area contributed by atoms with Gasteiger partial charge in [0, 0.05) is 13.2 Å². The van der Waals surface area contributed by atoms with E-state index < -0.39 is 0 Å². The van der Waals surface area contributed by atoms with Crippen LogP contribution in [0.2, 0.25) is 0 Å². The van der Waals surface area contributed by atoms with Crippen molar-refractivity contribution in [3.63, 3.8) is 0 Å². The highest BCUT2D eigenvalue weighted by molar-refractivity contribution is 7.99. The standard InChI is InChI=1S/C12H23NO2S/c1-10(16-2)12(14)13-8-5-9-15-11-6-3-4-7-11/h10-11H,3-9H2,1-2H3,(H,13,14). The fourth-order valence-corrected chi connectivity index (χ4v) is 2.14. The molecule has 0 radical (unpaired) electrons. The summed E-state index contributed by atoms with van der Waals surface area (Å²) in [5, 5.41) is 2.97. The van der Waals surface area contributed by atoms with Crippen molar-refractivity contribution in [2.45, 2.75) is 50.4 Å². The van der Waals surface area contributed by atoms with Crippen molar-refractivity contribution in [3.8, 4) is 0 Å². The van der Waals surface area contributed by atoms with E-state index in [0.29, 0.717) is 6.10 Å². The lowest BCUT2D eigenvalue weighted by atomic mass is 10.3. The Morgan fingerprint density at radius 3 is 2.81 bits per heavy atom. The molecule has 0 spiro atoms. The number of carbonyl (C=O) groups excluding carboxylic acids is 1. The van der Waals surface area contributed by atoms with Gasteiger partial charge in [0.25, 0.3) is 0 Å². The zero-order valence-corrected chi connectivity index (χ0v) is 11.1. The van der Waals surface area contributed by atoms with Crippen LogP contribution in [0.3, 0.4) is 0 Å². The van der Waals surface area contributed by atoms with Gasteiger partial charge in [0.05, 0.1) is 11.4 Å². The monoisotopic (exact) mass is 245 g/mol. The van der Waals surface area contributed by atoms with E-state index in [1.807, 2.05) is 13.2 Å². The van der Waals surface area contributed by atoms with Gasteiger partial charge in [-0.1, -0.05) is 12.8 Å². The quantitative estimate of drug-likeness (QED) is 0.699. The van der Waals surface area contributed by atoms with E-state index in [0.717, 1.165) is 19.6 Å². The third-order valence-electron chi connectivity index (χ3n) is 3.00. The van der Waals surface area contributed by atoms with E-state index in [2.05, 4.69) is 5.32 Å². The van der Waals surface area contributed by atoms with Gasteiger partial charge in [0.15, 0.2) is 0 Å². The molecule has 1 amide bonds. The summed E-state index contributed by atoms with van der Waals surface area (Å²) < 4.78 is 5.72. The second-order valence-electron chi connectivity index (χ2n) is 4.30. The third-order valence-corrected chi connectivity index (χ3v) is 3.92. The Bertz CT molecular complexity index is 205. The third kappa shape index (κ3) is 5.21. The first-order valence-electron chi connectivity index (χ1n) is 6.16. The minimum absolute atomic E-state index is 0.0516. The average molecular weight is 245 g/mol. The van der Waals surface area contributed by atoms with E-state index >= 15 is 0 Å². The summed E-state index contributed by atoms with van der Waals surface area (Å²) in [6.45, 7) is 3.43. The van der Waals surface area contributed by atoms with Gasteiger partial charge >= 0.3 is 0 Å². The molecule has 1 aliphatic carbocycles. The predicted molar refractivity (Wildman–Crippen MR) is 68.8 cm³/mol. The Morgan fingerprint density at radius 2 is 2.19 bits per heavy atom. The Labute approximate surface area is 103 Å². The number of carbonyl (C=O) groups is 1. The lowest BCUT2D eigenvalue weighted by molar-refractivity contribution is -0.120. The fraction of sp³-hybridized carbons (Fsp3) is 0.917. The van der Waals surface area contributed by atoms with E-state index in [4.69, 9.17) is 4.74 Å². The van der Waals surface area contributed by atoms with Crippen molar-refractivity contribution < 1.29 is 9.53 Å². The molecule has 1 rings (SSSR count). The summed E-state index contributed by atoms with van der Waals surface area (Å²) in [5.41, 5.74) is 0. The van der Waals surface area contributed by atoms with Crippen LogP contribution in [0.1, 0.15) is 39.0 Å². The van der Waals surface area contributed by atoms with Crippen molar-refractivity contribution in [1.29, 1.82) is 0 Å². The molecule has 1 atom stereocenters. The number of amides is 1. The lowest BCUT2D eigenvalue weighted by Crippen LogP contribution is -2.32. The SMILES string of the molecule is CSC(C)C(=O)NCCCOC1CCCC1. The van der Waals surface area contributed by atoms with E-state index in [1.165, 1.54) is 25.7 Å². The van der Waals surface area contributed by atoms with Crippen molar-refractivity contribution in [2.75, 3.05) is 19.4 Å². The van der Waals surface area contributed by atoms with Gasteiger partial charge in [-0.15, -0.1) is 0 Å². The van der Waals surface area contributed by atoms with Crippen LogP contribution in [-0.4, -0.2) is 36.7 Å². The molecule has 1 unspecified atom stereocenters. The van der Waals surface area contributed by atoms with E-state index in [9.17, 15) is 4.79 Å². The molecule has 0 aromatic heterocycles. The Kier molecular flexibility index (Phi) is 6.88. The van der Waals surface area contributed by atoms with E-state index in [1.54, 1.807) is 11.8 Å². The van der Waals surface area contributed by atoms with Gasteiger partial charge in [-0.2, -0.15) is 11.8 Å². The smallest absolute Gasteiger partial charge is 0.232 e. The first-order chi connectivity index (χ1) is 7.74. The van der Waals surface area contributed by atoms with Crippen molar-refractivity contribution in [3.05, 3.63) is 0 Å². The summed E-state index contributed by atoms with van der Waals surface area (Å²) in [6.07, 6.45) is 8.42. The van der Waals surface area contributed by atoms with Crippen molar-refractivity contribution >= 4 is 17.7 Å². The van der Waals surface area contributed by atoms with Crippen LogP contribution in [0.15, 0.2) is 0 Å². The summed E-state index contributed by atoms with van der Waals surface area (Å²) in [5.74, 6) is 0.133. The van der Waals surface area contributed by atoms with Gasteiger partial charge in [-0.25, -0.2) is 0 Å². The molecule has 0 bridgehead atoms. The Hall–Kier alpha value is -0.220. The van der Waals surface area contributed by atoms with Crippen LogP contribution in [0.4, 0.5) is 0 Å². The van der Waals surface area contributed by atoms with E-state index in [-0.39, 0.29) is 11.2 Å². The topological polar surface area (TPSA) is 38.3 Å². The van der Waals surface area contributed by atoms with Crippen LogP contribution in [0, 0.1) is 0 Å². The molecule has 1 N–H and O–H groups in total. The first-order valence-corrected chi connectivity index (χ1v) is 7.45. The molecule has 0 heterocycles. The van der Waals surface area contributed by atoms with Gasteiger partial charge in [-0.05, 0) is 32.4 Å². The predicted octanol–water partition coefficient (Wildman–Crippen LogP) is 2.20. The number of thioether (sulfide) groups is 1. The Balaban J connectivity index is 1.93. The first kappa shape index (κ1) is 13.8. The van der Waals surface area contributed by atoms with Gasteiger partial charge in [-0.3, -0.25) is 4.79 Å². The molecule has 0 aromatic rings. The van der Waals surface area contributed by atoms with Crippen LogP contribution < -0.4 is 5.32 Å². The average Bonchev–Trinajstić information content (AvgIpc) is 2.80. The van der Waals surface area contributed by atoms with Gasteiger partial charge in [0.1, 0.15) is 0 Å². The van der Waals surface area contributed by atoms with Crippen LogP contribution in [-0.2, 0) is 9.53 Å². The fourth-order valence-electron chi connectivity index (χ4n) is 1.84. The second kappa shape index (κ2) is 7.96. The molecule has 4 heteroatoms. The van der Waals surface area contributed by atoms with Crippen LogP contribution in [0.25, 0.3) is 0 Å². The lowest BCUT2D eigenvalue weighted by Gasteiger charge is -2.12. The van der Waals surface area contributed by atoms with Crippen LogP contribution in [0.5, 0.6) is 0 Å². The molecule has 0 saturated heterocycles. The molecule has 0 aromatic carbocycles. The summed E-state index contributed by atoms with van der Waals surface area (Å²) in [4.78, 5) is 11.4. The van der Waals surface area contributed by atoms with Crippen LogP contribution >= 0.6 is 11.8 Å². The van der Waals surface area contributed by atoms with Crippen molar-refractivity contribution in [1.82, 2.24) is 5.32 Å². The highest BCUT2D eigenvalue weighted by Gasteiger charge is 2.14. The molecule has 0 aliphatic heterocycles. The minimum Gasteiger partial charge on any atom is -0.378 e. The molecule has 1 saturated carbocycles. The van der Waals surface area contributed by atoms with Gasteiger partial charge in [0.2, 0.25) is 5.91 Å². The Morgan fingerprint density at radius 1 is 1.50 bits per heavy atom. The molecule has 16 heavy (non-hydrogen) atoms. The number of hydrogen-bond acceptors (Lipinski definition) is 3. The number of hydrogen-bond donors (Lipinski definition) is 1. The van der Waals surface area contributed by atoms with Crippen molar-refractivity contribution in [2.24, 2.45) is 0 Å². The number of nitrogens with one attached hydrogen (secondary N) is 1. The largest absolute Gasteiger partial charge is 0.378 e. The zero-order chi connectivity index (χ0) is 11.8. The summed E-state index contributed by atoms with van der Waals surface area (Å²) in [7, 11) is 0. The molecular formula is C12H23NO2S.